The van der Waals surface area contributed by atoms with Crippen LogP contribution in [0.15, 0.2) is 30.5 Å². The van der Waals surface area contributed by atoms with Crippen molar-refractivity contribution >= 4 is 5.69 Å². The predicted molar refractivity (Wildman–Crippen MR) is 75.8 cm³/mol. The van der Waals surface area contributed by atoms with Gasteiger partial charge in [0.25, 0.3) is 0 Å². The Morgan fingerprint density at radius 2 is 1.83 bits per heavy atom. The summed E-state index contributed by atoms with van der Waals surface area (Å²) >= 11 is 0. The number of H-pyrrole nitrogens is 1. The first-order valence-electron chi connectivity index (χ1n) is 6.30. The van der Waals surface area contributed by atoms with Crippen LogP contribution in [-0.2, 0) is 12.0 Å². The van der Waals surface area contributed by atoms with Gasteiger partial charge in [-0.15, -0.1) is 0 Å². The van der Waals surface area contributed by atoms with Crippen molar-refractivity contribution in [2.45, 2.75) is 39.7 Å². The zero-order valence-electron chi connectivity index (χ0n) is 11.5. The minimum absolute atomic E-state index is 0.207. The van der Waals surface area contributed by atoms with Gasteiger partial charge in [0, 0.05) is 5.69 Å². The van der Waals surface area contributed by atoms with E-state index in [2.05, 4.69) is 60.3 Å². The van der Waals surface area contributed by atoms with E-state index >= 15 is 0 Å². The molecular formula is C15H21N3. The van der Waals surface area contributed by atoms with Crippen LogP contribution in [0.1, 0.15) is 37.9 Å². The lowest BCUT2D eigenvalue weighted by atomic mass is 9.87. The first kappa shape index (κ1) is 12.7. The van der Waals surface area contributed by atoms with Crippen molar-refractivity contribution in [3.63, 3.8) is 0 Å². The Hall–Kier alpha value is -1.77. The van der Waals surface area contributed by atoms with Crippen molar-refractivity contribution in [3.8, 4) is 0 Å². The Balaban J connectivity index is 1.98. The van der Waals surface area contributed by atoms with E-state index in [4.69, 9.17) is 0 Å². The molecule has 1 heterocycles. The van der Waals surface area contributed by atoms with Gasteiger partial charge in [-0.25, -0.2) is 4.98 Å². The van der Waals surface area contributed by atoms with Crippen LogP contribution in [-0.4, -0.2) is 9.97 Å². The Morgan fingerprint density at radius 3 is 2.33 bits per heavy atom. The van der Waals surface area contributed by atoms with E-state index in [1.165, 1.54) is 5.56 Å². The number of nitrogens with one attached hydrogen (secondary N) is 2. The van der Waals surface area contributed by atoms with Crippen LogP contribution in [0.3, 0.4) is 0 Å². The SMILES string of the molecule is Cc1ncc(CNc2ccc(C(C)(C)C)cc2)[nH]1. The van der Waals surface area contributed by atoms with Gasteiger partial charge in [-0.3, -0.25) is 0 Å². The first-order chi connectivity index (χ1) is 8.45. The molecule has 0 aliphatic heterocycles. The summed E-state index contributed by atoms with van der Waals surface area (Å²) in [6.45, 7) is 9.41. The average Bonchev–Trinajstić information content (AvgIpc) is 2.72. The molecule has 1 aromatic heterocycles. The number of hydrogen-bond acceptors (Lipinski definition) is 2. The number of anilines is 1. The van der Waals surface area contributed by atoms with Gasteiger partial charge in [0.2, 0.25) is 0 Å². The van der Waals surface area contributed by atoms with E-state index in [1.807, 2.05) is 13.1 Å². The minimum atomic E-state index is 0.207. The standard InChI is InChI=1S/C15H21N3/c1-11-16-9-14(18-11)10-17-13-7-5-12(6-8-13)15(2,3)4/h5-9,17H,10H2,1-4H3,(H,16,18). The summed E-state index contributed by atoms with van der Waals surface area (Å²) in [5.74, 6) is 0.954. The molecule has 0 unspecified atom stereocenters. The predicted octanol–water partition coefficient (Wildman–Crippen LogP) is 3.63. The zero-order chi connectivity index (χ0) is 13.2. The number of imidazole rings is 1. The number of aryl methyl sites for hydroxylation is 1. The Kier molecular flexibility index (Phi) is 3.41. The fraction of sp³-hybridized carbons (Fsp3) is 0.400. The van der Waals surface area contributed by atoms with Crippen LogP contribution in [0.2, 0.25) is 0 Å². The average molecular weight is 243 g/mol. The second-order valence-electron chi connectivity index (χ2n) is 5.67. The molecule has 0 aliphatic rings. The van der Waals surface area contributed by atoms with E-state index < -0.39 is 0 Å². The van der Waals surface area contributed by atoms with Crippen LogP contribution in [0.4, 0.5) is 5.69 Å². The summed E-state index contributed by atoms with van der Waals surface area (Å²) < 4.78 is 0. The summed E-state index contributed by atoms with van der Waals surface area (Å²) in [6, 6.07) is 8.62. The molecular weight excluding hydrogens is 222 g/mol. The van der Waals surface area contributed by atoms with Gasteiger partial charge in [0.1, 0.15) is 5.82 Å². The number of aromatic nitrogens is 2. The van der Waals surface area contributed by atoms with Gasteiger partial charge in [0.15, 0.2) is 0 Å². The highest BCUT2D eigenvalue weighted by atomic mass is 15.0. The fourth-order valence-electron chi connectivity index (χ4n) is 1.85. The van der Waals surface area contributed by atoms with Gasteiger partial charge in [-0.1, -0.05) is 32.9 Å². The topological polar surface area (TPSA) is 40.7 Å². The molecule has 0 radical (unpaired) electrons. The largest absolute Gasteiger partial charge is 0.379 e. The van der Waals surface area contributed by atoms with Crippen LogP contribution in [0.25, 0.3) is 0 Å². The maximum atomic E-state index is 4.18. The van der Waals surface area contributed by atoms with Gasteiger partial charge in [-0.2, -0.15) is 0 Å². The highest BCUT2D eigenvalue weighted by Crippen LogP contribution is 2.23. The van der Waals surface area contributed by atoms with Crippen LogP contribution in [0.5, 0.6) is 0 Å². The molecule has 3 nitrogen and oxygen atoms in total. The highest BCUT2D eigenvalue weighted by molar-refractivity contribution is 5.45. The van der Waals surface area contributed by atoms with Crippen molar-refractivity contribution in [2.24, 2.45) is 0 Å². The van der Waals surface area contributed by atoms with Crippen LogP contribution >= 0.6 is 0 Å². The van der Waals surface area contributed by atoms with Gasteiger partial charge in [0.05, 0.1) is 18.4 Å². The molecule has 2 N–H and O–H groups in total. The maximum absolute atomic E-state index is 4.18. The molecule has 0 amide bonds. The number of rotatable bonds is 3. The number of benzene rings is 1. The fourth-order valence-corrected chi connectivity index (χ4v) is 1.85. The summed E-state index contributed by atoms with van der Waals surface area (Å²) in [5.41, 5.74) is 3.80. The third kappa shape index (κ3) is 3.13. The van der Waals surface area contributed by atoms with E-state index in [1.54, 1.807) is 0 Å². The zero-order valence-corrected chi connectivity index (χ0v) is 11.5. The summed E-state index contributed by atoms with van der Waals surface area (Å²) in [7, 11) is 0. The van der Waals surface area contributed by atoms with Crippen molar-refractivity contribution < 1.29 is 0 Å². The number of hydrogen-bond donors (Lipinski definition) is 2. The third-order valence-corrected chi connectivity index (χ3v) is 2.99. The molecule has 0 atom stereocenters. The molecule has 1 aromatic carbocycles. The van der Waals surface area contributed by atoms with Crippen LogP contribution in [0, 0.1) is 6.92 Å². The lowest BCUT2D eigenvalue weighted by molar-refractivity contribution is 0.590. The Bertz CT molecular complexity index is 503. The highest BCUT2D eigenvalue weighted by Gasteiger charge is 2.12. The Labute approximate surface area is 109 Å². The quantitative estimate of drug-likeness (QED) is 0.864. The molecule has 3 heteroatoms. The normalized spacial score (nSPS) is 11.6. The summed E-state index contributed by atoms with van der Waals surface area (Å²) in [4.78, 5) is 7.39. The van der Waals surface area contributed by atoms with Gasteiger partial charge < -0.3 is 10.3 Å². The van der Waals surface area contributed by atoms with Crippen molar-refractivity contribution in [1.29, 1.82) is 0 Å². The first-order valence-corrected chi connectivity index (χ1v) is 6.30. The van der Waals surface area contributed by atoms with Gasteiger partial charge >= 0.3 is 0 Å². The van der Waals surface area contributed by atoms with E-state index in [9.17, 15) is 0 Å². The molecule has 0 spiro atoms. The number of aromatic amines is 1. The van der Waals surface area contributed by atoms with E-state index in [-0.39, 0.29) is 5.41 Å². The molecule has 2 aromatic rings. The van der Waals surface area contributed by atoms with Crippen molar-refractivity contribution in [2.75, 3.05) is 5.32 Å². The number of nitrogens with zero attached hydrogens (tertiary/aromatic N) is 1. The van der Waals surface area contributed by atoms with E-state index in [0.717, 1.165) is 23.8 Å². The molecule has 0 bridgehead atoms. The summed E-state index contributed by atoms with van der Waals surface area (Å²) in [5, 5.41) is 3.38. The van der Waals surface area contributed by atoms with Gasteiger partial charge in [-0.05, 0) is 30.0 Å². The van der Waals surface area contributed by atoms with Crippen molar-refractivity contribution in [1.82, 2.24) is 9.97 Å². The van der Waals surface area contributed by atoms with E-state index in [0.29, 0.717) is 0 Å². The third-order valence-electron chi connectivity index (χ3n) is 2.99. The molecule has 0 saturated carbocycles. The maximum Gasteiger partial charge on any atom is 0.103 e. The molecule has 18 heavy (non-hydrogen) atoms. The summed E-state index contributed by atoms with van der Waals surface area (Å²) in [6.07, 6.45) is 1.87. The molecule has 96 valence electrons. The minimum Gasteiger partial charge on any atom is -0.379 e. The van der Waals surface area contributed by atoms with Crippen LogP contribution < -0.4 is 5.32 Å². The smallest absolute Gasteiger partial charge is 0.103 e. The Morgan fingerprint density at radius 1 is 1.17 bits per heavy atom. The second-order valence-corrected chi connectivity index (χ2v) is 5.67. The second kappa shape index (κ2) is 4.84. The molecule has 2 rings (SSSR count). The molecule has 0 fully saturated rings. The van der Waals surface area contributed by atoms with Crippen molar-refractivity contribution in [3.05, 3.63) is 47.5 Å². The lowest BCUT2D eigenvalue weighted by Gasteiger charge is -2.19. The monoisotopic (exact) mass is 243 g/mol. The lowest BCUT2D eigenvalue weighted by Crippen LogP contribution is -2.10. The molecule has 0 aliphatic carbocycles. The molecule has 0 saturated heterocycles.